The number of Topliss-reactive ketones (excluding diaryl/α,β-unsaturated/α-hetero) is 2. The first-order valence-electron chi connectivity index (χ1n) is 9.57. The van der Waals surface area contributed by atoms with Gasteiger partial charge in [-0.15, -0.1) is 0 Å². The molecule has 4 atom stereocenters. The molecule has 9 nitrogen and oxygen atoms in total. The van der Waals surface area contributed by atoms with Crippen LogP contribution in [0.4, 0.5) is 0 Å². The molecule has 4 rings (SSSR count). The number of aromatic hydroxyl groups is 1. The molecule has 1 fully saturated rings. The first-order valence-corrected chi connectivity index (χ1v) is 9.95. The number of carbonyl (C=O) groups is 3. The van der Waals surface area contributed by atoms with Gasteiger partial charge in [0.1, 0.15) is 22.8 Å². The van der Waals surface area contributed by atoms with Crippen LogP contribution in [-0.2, 0) is 20.8 Å². The predicted molar refractivity (Wildman–Crippen MR) is 109 cm³/mol. The molecule has 3 aliphatic carbocycles. The number of hydrogen-bond acceptors (Lipinski definition) is 8. The van der Waals surface area contributed by atoms with E-state index in [2.05, 4.69) is 0 Å². The molecular weight excluding hydrogens is 428 g/mol. The van der Waals surface area contributed by atoms with E-state index >= 15 is 0 Å². The highest BCUT2D eigenvalue weighted by Crippen LogP contribution is 2.52. The van der Waals surface area contributed by atoms with Gasteiger partial charge in [0.2, 0.25) is 5.78 Å². The molecule has 6 N–H and O–H groups in total. The second-order valence-corrected chi connectivity index (χ2v) is 8.86. The second kappa shape index (κ2) is 6.81. The van der Waals surface area contributed by atoms with E-state index in [1.165, 1.54) is 11.0 Å². The van der Waals surface area contributed by atoms with Crippen molar-refractivity contribution in [3.63, 3.8) is 0 Å². The number of phenols is 1. The van der Waals surface area contributed by atoms with E-state index in [4.69, 9.17) is 17.3 Å². The standard InChI is InChI=1S/C21H21ClN2O7/c1-24(2)15-10-5-8-3-7-4-9(22)6-11(25)12(7)16(26)13(8)18(28)21(10,31)19(29)14(17(15)27)20(23)30/h4,6,8,10,15,25-26,29,31H,3,5H2,1-2H3,(H2,23,30)/t8-,10-,15-,21-/m0/s1. The smallest absolute Gasteiger partial charge is 0.255 e. The molecule has 1 aromatic rings. The Morgan fingerprint density at radius 1 is 1.23 bits per heavy atom. The molecule has 0 spiro atoms. The van der Waals surface area contributed by atoms with Gasteiger partial charge < -0.3 is 26.2 Å². The van der Waals surface area contributed by atoms with Crippen LogP contribution < -0.4 is 5.73 Å². The third kappa shape index (κ3) is 2.73. The topological polar surface area (TPSA) is 161 Å². The highest BCUT2D eigenvalue weighted by atomic mass is 35.5. The van der Waals surface area contributed by atoms with Crippen molar-refractivity contribution in [2.75, 3.05) is 14.1 Å². The Morgan fingerprint density at radius 2 is 1.87 bits per heavy atom. The molecule has 1 saturated carbocycles. The van der Waals surface area contributed by atoms with Gasteiger partial charge >= 0.3 is 0 Å². The predicted octanol–water partition coefficient (Wildman–Crippen LogP) is 0.617. The lowest BCUT2D eigenvalue weighted by Gasteiger charge is -2.50. The van der Waals surface area contributed by atoms with Gasteiger partial charge in [-0.05, 0) is 50.6 Å². The minimum Gasteiger partial charge on any atom is -0.508 e. The zero-order chi connectivity index (χ0) is 23.0. The minimum atomic E-state index is -2.63. The molecular formula is C21H21ClN2O7. The molecule has 0 radical (unpaired) electrons. The van der Waals surface area contributed by atoms with E-state index in [1.807, 2.05) is 0 Å². The summed E-state index contributed by atoms with van der Waals surface area (Å²) in [6, 6.07) is 1.67. The van der Waals surface area contributed by atoms with E-state index in [-0.39, 0.29) is 34.8 Å². The molecule has 1 aromatic carbocycles. The molecule has 0 unspecified atom stereocenters. The number of carbonyl (C=O) groups excluding carboxylic acids is 3. The van der Waals surface area contributed by atoms with E-state index < -0.39 is 58.0 Å². The fourth-order valence-corrected chi connectivity index (χ4v) is 5.47. The summed E-state index contributed by atoms with van der Waals surface area (Å²) in [6.45, 7) is 0. The minimum absolute atomic E-state index is 0.0145. The van der Waals surface area contributed by atoms with Crippen LogP contribution in [-0.4, -0.2) is 68.5 Å². The molecule has 0 aromatic heterocycles. The first-order chi connectivity index (χ1) is 14.4. The number of aliphatic hydroxyl groups excluding tert-OH is 2. The maximum atomic E-state index is 13.5. The average molecular weight is 449 g/mol. The fourth-order valence-electron chi connectivity index (χ4n) is 5.23. The van der Waals surface area contributed by atoms with Crippen molar-refractivity contribution < 1.29 is 34.8 Å². The molecule has 1 amide bonds. The van der Waals surface area contributed by atoms with Crippen molar-refractivity contribution in [3.8, 4) is 5.75 Å². The summed E-state index contributed by atoms with van der Waals surface area (Å²) in [7, 11) is 3.09. The van der Waals surface area contributed by atoms with Crippen LogP contribution in [0.15, 0.2) is 29.0 Å². The van der Waals surface area contributed by atoms with Crippen LogP contribution in [0.3, 0.4) is 0 Å². The Morgan fingerprint density at radius 3 is 2.45 bits per heavy atom. The Hall–Kier alpha value is -2.88. The van der Waals surface area contributed by atoms with Crippen molar-refractivity contribution in [2.45, 2.75) is 24.5 Å². The third-order valence-electron chi connectivity index (χ3n) is 6.49. The van der Waals surface area contributed by atoms with E-state index in [0.29, 0.717) is 5.56 Å². The monoisotopic (exact) mass is 448 g/mol. The summed E-state index contributed by atoms with van der Waals surface area (Å²) in [5.74, 6) is -6.78. The number of aliphatic hydroxyl groups is 3. The zero-order valence-corrected chi connectivity index (χ0v) is 17.5. The summed E-state index contributed by atoms with van der Waals surface area (Å²) >= 11 is 6.02. The Labute approximate surface area is 182 Å². The zero-order valence-electron chi connectivity index (χ0n) is 16.7. The number of ketones is 2. The number of nitrogens with two attached hydrogens (primary N) is 1. The van der Waals surface area contributed by atoms with Crippen LogP contribution in [0.5, 0.6) is 5.75 Å². The van der Waals surface area contributed by atoms with Gasteiger partial charge in [0.25, 0.3) is 5.91 Å². The van der Waals surface area contributed by atoms with E-state index in [1.54, 1.807) is 20.2 Å². The number of primary amides is 1. The average Bonchev–Trinajstić information content (AvgIpc) is 2.63. The van der Waals surface area contributed by atoms with Gasteiger partial charge in [0.05, 0.1) is 11.6 Å². The van der Waals surface area contributed by atoms with Gasteiger partial charge in [-0.1, -0.05) is 11.6 Å². The highest BCUT2D eigenvalue weighted by Gasteiger charge is 2.64. The van der Waals surface area contributed by atoms with Gasteiger partial charge in [-0.2, -0.15) is 0 Å². The lowest BCUT2D eigenvalue weighted by molar-refractivity contribution is -0.153. The van der Waals surface area contributed by atoms with Crippen molar-refractivity contribution in [2.24, 2.45) is 17.6 Å². The maximum absolute atomic E-state index is 13.5. The van der Waals surface area contributed by atoms with Crippen LogP contribution in [0.1, 0.15) is 17.5 Å². The van der Waals surface area contributed by atoms with Gasteiger partial charge in [0.15, 0.2) is 11.4 Å². The number of rotatable bonds is 2. The van der Waals surface area contributed by atoms with Crippen LogP contribution >= 0.6 is 11.6 Å². The number of phenolic OH excluding ortho intramolecular Hbond substituents is 1. The van der Waals surface area contributed by atoms with Gasteiger partial charge in [-0.25, -0.2) is 0 Å². The molecule has 10 heteroatoms. The van der Waals surface area contributed by atoms with Crippen molar-refractivity contribution in [3.05, 3.63) is 45.2 Å². The number of fused-ring (bicyclic) bond motifs is 3. The van der Waals surface area contributed by atoms with Crippen molar-refractivity contribution in [1.29, 1.82) is 0 Å². The lowest BCUT2D eigenvalue weighted by atomic mass is 9.57. The molecule has 0 saturated heterocycles. The number of amides is 1. The fraction of sp³-hybridized carbons (Fsp3) is 0.381. The number of nitrogens with zero attached hydrogens (tertiary/aromatic N) is 1. The molecule has 164 valence electrons. The third-order valence-corrected chi connectivity index (χ3v) is 6.71. The number of hydrogen-bond donors (Lipinski definition) is 5. The van der Waals surface area contributed by atoms with Crippen molar-refractivity contribution >= 4 is 34.8 Å². The number of likely N-dealkylation sites (N-methyl/N-ethyl adjacent to an activating group) is 1. The van der Waals surface area contributed by atoms with E-state index in [9.17, 15) is 34.8 Å². The summed E-state index contributed by atoms with van der Waals surface area (Å²) in [5.41, 5.74) is 2.13. The molecule has 31 heavy (non-hydrogen) atoms. The Balaban J connectivity index is 1.98. The number of halogens is 1. The van der Waals surface area contributed by atoms with Crippen LogP contribution in [0.25, 0.3) is 5.76 Å². The first kappa shape index (κ1) is 21.4. The molecule has 0 bridgehead atoms. The molecule has 0 heterocycles. The van der Waals surface area contributed by atoms with Crippen LogP contribution in [0.2, 0.25) is 5.02 Å². The lowest BCUT2D eigenvalue weighted by Crippen LogP contribution is -2.65. The number of benzene rings is 1. The molecule has 0 aliphatic heterocycles. The van der Waals surface area contributed by atoms with Crippen LogP contribution in [0, 0.1) is 11.8 Å². The summed E-state index contributed by atoms with van der Waals surface area (Å²) < 4.78 is 0. The largest absolute Gasteiger partial charge is 0.508 e. The molecule has 3 aliphatic rings. The van der Waals surface area contributed by atoms with Crippen molar-refractivity contribution in [1.82, 2.24) is 4.90 Å². The Bertz CT molecular complexity index is 1120. The summed E-state index contributed by atoms with van der Waals surface area (Å²) in [4.78, 5) is 39.8. The van der Waals surface area contributed by atoms with Gasteiger partial charge in [0, 0.05) is 16.5 Å². The normalized spacial score (nSPS) is 30.3. The van der Waals surface area contributed by atoms with E-state index in [0.717, 1.165) is 0 Å². The SMILES string of the molecule is CN(C)[C@@H]1C(=O)C(C(N)=O)=C(O)[C@@]2(O)C(=O)C3=C(O)c4c(O)cc(Cl)cc4C[C@H]3C[C@@H]12. The Kier molecular flexibility index (Phi) is 4.69. The second-order valence-electron chi connectivity index (χ2n) is 8.42. The summed E-state index contributed by atoms with van der Waals surface area (Å²) in [5, 5.41) is 43.5. The quantitative estimate of drug-likeness (QED) is 0.411. The van der Waals surface area contributed by atoms with Gasteiger partial charge in [-0.3, -0.25) is 19.3 Å². The summed E-state index contributed by atoms with van der Waals surface area (Å²) in [6.07, 6.45) is 0.252. The highest BCUT2D eigenvalue weighted by molar-refractivity contribution is 6.31. The maximum Gasteiger partial charge on any atom is 0.255 e.